The first-order valence-corrected chi connectivity index (χ1v) is 7.66. The van der Waals surface area contributed by atoms with E-state index in [-0.39, 0.29) is 5.91 Å². The van der Waals surface area contributed by atoms with E-state index in [1.807, 2.05) is 30.0 Å². The molecule has 2 N–H and O–H groups in total. The van der Waals surface area contributed by atoms with Gasteiger partial charge in [-0.15, -0.1) is 0 Å². The Morgan fingerprint density at radius 2 is 2.26 bits per heavy atom. The summed E-state index contributed by atoms with van der Waals surface area (Å²) in [5, 5.41) is 0. The van der Waals surface area contributed by atoms with Crippen LogP contribution in [0.5, 0.6) is 0 Å². The fourth-order valence-electron chi connectivity index (χ4n) is 2.76. The van der Waals surface area contributed by atoms with Crippen molar-refractivity contribution in [1.29, 1.82) is 0 Å². The third-order valence-corrected chi connectivity index (χ3v) is 4.13. The van der Waals surface area contributed by atoms with Gasteiger partial charge in [0.05, 0.1) is 0 Å². The zero-order valence-corrected chi connectivity index (χ0v) is 12.9. The number of nitrogens with zero attached hydrogens (tertiary/aromatic N) is 1. The van der Waals surface area contributed by atoms with E-state index in [4.69, 9.17) is 5.73 Å². The molecule has 1 amide bonds. The zero-order chi connectivity index (χ0) is 13.8. The highest BCUT2D eigenvalue weighted by molar-refractivity contribution is 9.10. The SMILES string of the molecule is Cc1cc(Br)cc(C(=O)N2CCCC(CCN)C2)c1. The van der Waals surface area contributed by atoms with Crippen LogP contribution < -0.4 is 5.73 Å². The zero-order valence-electron chi connectivity index (χ0n) is 11.4. The van der Waals surface area contributed by atoms with Gasteiger partial charge in [0.15, 0.2) is 0 Å². The Balaban J connectivity index is 2.10. The summed E-state index contributed by atoms with van der Waals surface area (Å²) in [6.45, 7) is 4.44. The van der Waals surface area contributed by atoms with Crippen LogP contribution >= 0.6 is 15.9 Å². The minimum absolute atomic E-state index is 0.145. The normalized spacial score (nSPS) is 19.5. The van der Waals surface area contributed by atoms with E-state index in [9.17, 15) is 4.79 Å². The van der Waals surface area contributed by atoms with Crippen molar-refractivity contribution in [2.45, 2.75) is 26.2 Å². The number of carbonyl (C=O) groups is 1. The van der Waals surface area contributed by atoms with E-state index >= 15 is 0 Å². The summed E-state index contributed by atoms with van der Waals surface area (Å²) in [6, 6.07) is 5.88. The number of carbonyl (C=O) groups excluding carboxylic acids is 1. The number of halogens is 1. The van der Waals surface area contributed by atoms with Crippen molar-refractivity contribution in [3.8, 4) is 0 Å². The van der Waals surface area contributed by atoms with Gasteiger partial charge in [-0.3, -0.25) is 4.79 Å². The van der Waals surface area contributed by atoms with E-state index < -0.39 is 0 Å². The highest BCUT2D eigenvalue weighted by Gasteiger charge is 2.24. The Hall–Kier alpha value is -0.870. The number of nitrogens with two attached hydrogens (primary N) is 1. The lowest BCUT2D eigenvalue weighted by Gasteiger charge is -2.32. The molecule has 19 heavy (non-hydrogen) atoms. The fraction of sp³-hybridized carbons (Fsp3) is 0.533. The quantitative estimate of drug-likeness (QED) is 0.929. The van der Waals surface area contributed by atoms with Gasteiger partial charge in [0.25, 0.3) is 5.91 Å². The third-order valence-electron chi connectivity index (χ3n) is 3.67. The minimum atomic E-state index is 0.145. The molecule has 1 aromatic carbocycles. The molecule has 0 bridgehead atoms. The lowest BCUT2D eigenvalue weighted by atomic mass is 9.94. The topological polar surface area (TPSA) is 46.3 Å². The monoisotopic (exact) mass is 324 g/mol. The summed E-state index contributed by atoms with van der Waals surface area (Å²) in [7, 11) is 0. The van der Waals surface area contributed by atoms with Gasteiger partial charge in [-0.1, -0.05) is 15.9 Å². The van der Waals surface area contributed by atoms with E-state index in [1.165, 1.54) is 6.42 Å². The molecule has 1 unspecified atom stereocenters. The van der Waals surface area contributed by atoms with Crippen LogP contribution in [0, 0.1) is 12.8 Å². The van der Waals surface area contributed by atoms with Crippen molar-refractivity contribution in [2.24, 2.45) is 11.7 Å². The molecule has 1 aliphatic heterocycles. The number of rotatable bonds is 3. The van der Waals surface area contributed by atoms with Gasteiger partial charge in [-0.05, 0) is 62.4 Å². The fourth-order valence-corrected chi connectivity index (χ4v) is 3.37. The number of piperidine rings is 1. The first-order valence-electron chi connectivity index (χ1n) is 6.86. The van der Waals surface area contributed by atoms with Crippen molar-refractivity contribution in [1.82, 2.24) is 4.90 Å². The second-order valence-corrected chi connectivity index (χ2v) is 6.27. The second-order valence-electron chi connectivity index (χ2n) is 5.35. The molecule has 1 aliphatic rings. The largest absolute Gasteiger partial charge is 0.338 e. The van der Waals surface area contributed by atoms with E-state index in [2.05, 4.69) is 15.9 Å². The van der Waals surface area contributed by atoms with Gasteiger partial charge >= 0.3 is 0 Å². The number of hydrogen-bond donors (Lipinski definition) is 1. The molecule has 0 spiro atoms. The molecule has 1 atom stereocenters. The molecule has 2 rings (SSSR count). The van der Waals surface area contributed by atoms with Gasteiger partial charge < -0.3 is 10.6 Å². The predicted molar refractivity (Wildman–Crippen MR) is 81.2 cm³/mol. The number of amides is 1. The molecule has 0 aliphatic carbocycles. The van der Waals surface area contributed by atoms with Crippen LogP contribution in [-0.4, -0.2) is 30.4 Å². The predicted octanol–water partition coefficient (Wildman–Crippen LogP) is 2.96. The van der Waals surface area contributed by atoms with Gasteiger partial charge in [-0.2, -0.15) is 0 Å². The van der Waals surface area contributed by atoms with Crippen molar-refractivity contribution >= 4 is 21.8 Å². The highest BCUT2D eigenvalue weighted by atomic mass is 79.9. The maximum absolute atomic E-state index is 12.5. The maximum atomic E-state index is 12.5. The standard InChI is InChI=1S/C15H21BrN2O/c1-11-7-13(9-14(16)8-11)15(19)18-6-2-3-12(10-18)4-5-17/h7-9,12H,2-6,10,17H2,1H3. The van der Waals surface area contributed by atoms with Crippen molar-refractivity contribution < 1.29 is 4.79 Å². The van der Waals surface area contributed by atoms with Crippen LogP contribution in [0.2, 0.25) is 0 Å². The minimum Gasteiger partial charge on any atom is -0.338 e. The van der Waals surface area contributed by atoms with Crippen LogP contribution in [0.25, 0.3) is 0 Å². The molecule has 0 radical (unpaired) electrons. The first-order chi connectivity index (χ1) is 9.10. The summed E-state index contributed by atoms with van der Waals surface area (Å²) in [6.07, 6.45) is 3.29. The summed E-state index contributed by atoms with van der Waals surface area (Å²) in [4.78, 5) is 14.5. The van der Waals surface area contributed by atoms with E-state index in [0.717, 1.165) is 41.5 Å². The van der Waals surface area contributed by atoms with E-state index in [1.54, 1.807) is 0 Å². The average molecular weight is 325 g/mol. The molecule has 104 valence electrons. The van der Waals surface area contributed by atoms with E-state index in [0.29, 0.717) is 12.5 Å². The summed E-state index contributed by atoms with van der Waals surface area (Å²) in [5.74, 6) is 0.710. The van der Waals surface area contributed by atoms with Crippen LogP contribution in [-0.2, 0) is 0 Å². The van der Waals surface area contributed by atoms with Gasteiger partial charge in [0, 0.05) is 23.1 Å². The van der Waals surface area contributed by atoms with Gasteiger partial charge in [0.1, 0.15) is 0 Å². The molecule has 1 aromatic rings. The van der Waals surface area contributed by atoms with Crippen molar-refractivity contribution in [3.05, 3.63) is 33.8 Å². The average Bonchev–Trinajstić information content (AvgIpc) is 2.37. The Bertz CT molecular complexity index is 439. The number of aryl methyl sites for hydroxylation is 1. The molecule has 1 saturated heterocycles. The van der Waals surface area contributed by atoms with Crippen molar-refractivity contribution in [2.75, 3.05) is 19.6 Å². The number of likely N-dealkylation sites (tertiary alicyclic amines) is 1. The summed E-state index contributed by atoms with van der Waals surface area (Å²) < 4.78 is 0.964. The molecule has 0 aromatic heterocycles. The van der Waals surface area contributed by atoms with Crippen molar-refractivity contribution in [3.63, 3.8) is 0 Å². The highest BCUT2D eigenvalue weighted by Crippen LogP contribution is 2.22. The lowest BCUT2D eigenvalue weighted by molar-refractivity contribution is 0.0669. The maximum Gasteiger partial charge on any atom is 0.253 e. The summed E-state index contributed by atoms with van der Waals surface area (Å²) in [5.41, 5.74) is 7.50. The Kier molecular flexibility index (Phi) is 4.99. The second kappa shape index (κ2) is 6.53. The molecular weight excluding hydrogens is 304 g/mol. The molecule has 3 nitrogen and oxygen atoms in total. The first kappa shape index (κ1) is 14.5. The Labute approximate surface area is 123 Å². The molecule has 4 heteroatoms. The number of hydrogen-bond acceptors (Lipinski definition) is 2. The van der Waals surface area contributed by atoms with Crippen LogP contribution in [0.3, 0.4) is 0 Å². The summed E-state index contributed by atoms with van der Waals surface area (Å²) >= 11 is 3.45. The Morgan fingerprint density at radius 1 is 1.47 bits per heavy atom. The molecule has 1 fully saturated rings. The van der Waals surface area contributed by atoms with Crippen LogP contribution in [0.15, 0.2) is 22.7 Å². The van der Waals surface area contributed by atoms with Gasteiger partial charge in [0.2, 0.25) is 0 Å². The molecular formula is C15H21BrN2O. The number of benzene rings is 1. The molecule has 0 saturated carbocycles. The molecule has 1 heterocycles. The van der Waals surface area contributed by atoms with Crippen LogP contribution in [0.1, 0.15) is 35.2 Å². The third kappa shape index (κ3) is 3.80. The Morgan fingerprint density at radius 3 is 2.95 bits per heavy atom. The lowest BCUT2D eigenvalue weighted by Crippen LogP contribution is -2.40. The smallest absolute Gasteiger partial charge is 0.253 e. The van der Waals surface area contributed by atoms with Gasteiger partial charge in [-0.25, -0.2) is 0 Å². The van der Waals surface area contributed by atoms with Crippen LogP contribution in [0.4, 0.5) is 0 Å².